The monoisotopic (exact) mass is 471 g/mol. The molecule has 0 aliphatic heterocycles. The predicted molar refractivity (Wildman–Crippen MR) is 101 cm³/mol. The van der Waals surface area contributed by atoms with Crippen molar-refractivity contribution in [2.75, 3.05) is 42.4 Å². The number of rotatable bonds is 4. The molecule has 0 saturated heterocycles. The van der Waals surface area contributed by atoms with Crippen molar-refractivity contribution in [3.63, 3.8) is 0 Å². The lowest BCUT2D eigenvalue weighted by atomic mass is 10.2. The van der Waals surface area contributed by atoms with Crippen molar-refractivity contribution in [3.8, 4) is 11.5 Å². The summed E-state index contributed by atoms with van der Waals surface area (Å²) >= 11 is 3.54. The van der Waals surface area contributed by atoms with E-state index in [0.29, 0.717) is 18.0 Å². The highest BCUT2D eigenvalue weighted by Gasteiger charge is 2.10. The Hall–Kier alpha value is -0.700. The second-order valence-electron chi connectivity index (χ2n) is 4.70. The number of aliphatic imine (C=N–C) groups is 1. The minimum Gasteiger partial charge on any atom is -0.493 e. The molecular formula is C14H23BrIN3O2. The highest BCUT2D eigenvalue weighted by molar-refractivity contribution is 14.0. The van der Waals surface area contributed by atoms with E-state index in [9.17, 15) is 0 Å². The third-order valence-corrected chi connectivity index (χ3v) is 3.48. The van der Waals surface area contributed by atoms with Crippen LogP contribution in [0.3, 0.4) is 0 Å². The number of benzene rings is 1. The maximum absolute atomic E-state index is 5.32. The van der Waals surface area contributed by atoms with Gasteiger partial charge in [0.1, 0.15) is 0 Å². The molecule has 1 aromatic carbocycles. The molecule has 7 heteroatoms. The van der Waals surface area contributed by atoms with E-state index in [2.05, 4.69) is 20.9 Å². The van der Waals surface area contributed by atoms with Gasteiger partial charge < -0.3 is 19.3 Å². The summed E-state index contributed by atoms with van der Waals surface area (Å²) in [5.74, 6) is 2.32. The third kappa shape index (κ3) is 5.54. The van der Waals surface area contributed by atoms with E-state index in [1.54, 1.807) is 14.2 Å². The largest absolute Gasteiger partial charge is 0.493 e. The first-order valence-electron chi connectivity index (χ1n) is 6.20. The van der Waals surface area contributed by atoms with Crippen molar-refractivity contribution in [2.24, 2.45) is 4.99 Å². The molecule has 0 heterocycles. The van der Waals surface area contributed by atoms with Gasteiger partial charge in [0.15, 0.2) is 17.5 Å². The Kier molecular flexibility index (Phi) is 9.03. The highest BCUT2D eigenvalue weighted by Crippen LogP contribution is 2.33. The smallest absolute Gasteiger partial charge is 0.195 e. The number of methoxy groups -OCH3 is 2. The first-order chi connectivity index (χ1) is 9.40. The second-order valence-corrected chi connectivity index (χ2v) is 5.56. The Labute approximate surface area is 152 Å². The Morgan fingerprint density at radius 2 is 1.52 bits per heavy atom. The van der Waals surface area contributed by atoms with Crippen LogP contribution in [0.5, 0.6) is 11.5 Å². The normalized spacial score (nSPS) is 9.48. The van der Waals surface area contributed by atoms with Crippen LogP contribution < -0.4 is 9.47 Å². The molecule has 0 amide bonds. The molecule has 1 rings (SSSR count). The molecule has 0 unspecified atom stereocenters. The van der Waals surface area contributed by atoms with Crippen LogP contribution in [0.15, 0.2) is 21.6 Å². The Balaban J connectivity index is 0.00000400. The van der Waals surface area contributed by atoms with Gasteiger partial charge in [0.25, 0.3) is 0 Å². The number of guanidine groups is 1. The summed E-state index contributed by atoms with van der Waals surface area (Å²) in [6.45, 7) is 0.562. The molecule has 0 aromatic heterocycles. The fraction of sp³-hybridized carbons (Fsp3) is 0.500. The summed E-state index contributed by atoms with van der Waals surface area (Å²) in [5.41, 5.74) is 1.05. The molecule has 0 N–H and O–H groups in total. The molecule has 0 bridgehead atoms. The van der Waals surface area contributed by atoms with Crippen LogP contribution in [-0.2, 0) is 6.54 Å². The van der Waals surface area contributed by atoms with Gasteiger partial charge in [0.2, 0.25) is 0 Å². The van der Waals surface area contributed by atoms with E-state index in [1.807, 2.05) is 50.1 Å². The summed E-state index contributed by atoms with van der Waals surface area (Å²) < 4.78 is 11.5. The van der Waals surface area contributed by atoms with Crippen molar-refractivity contribution in [1.82, 2.24) is 9.80 Å². The zero-order valence-electron chi connectivity index (χ0n) is 13.3. The molecule has 0 aliphatic carbocycles. The van der Waals surface area contributed by atoms with E-state index in [0.717, 1.165) is 16.0 Å². The standard InChI is InChI=1S/C14H22BrN3O2.HI/c1-17(2)14(18(3)4)16-9-10-7-12(19-5)13(20-6)8-11(10)15;/h7-8H,9H2,1-6H3;1H. The van der Waals surface area contributed by atoms with E-state index in [4.69, 9.17) is 9.47 Å². The lowest BCUT2D eigenvalue weighted by Crippen LogP contribution is -2.35. The summed E-state index contributed by atoms with van der Waals surface area (Å²) in [7, 11) is 11.2. The summed E-state index contributed by atoms with van der Waals surface area (Å²) in [6, 6.07) is 3.84. The quantitative estimate of drug-likeness (QED) is 0.384. The average molecular weight is 472 g/mol. The first kappa shape index (κ1) is 20.3. The SMILES string of the molecule is COc1cc(Br)c(CN=C(N(C)C)N(C)C)cc1OC.I. The van der Waals surface area contributed by atoms with Crippen molar-refractivity contribution in [3.05, 3.63) is 22.2 Å². The van der Waals surface area contributed by atoms with Gasteiger partial charge >= 0.3 is 0 Å². The van der Waals surface area contributed by atoms with Crippen LogP contribution in [0.1, 0.15) is 5.56 Å². The number of hydrogen-bond donors (Lipinski definition) is 0. The Bertz CT molecular complexity index is 483. The van der Waals surface area contributed by atoms with Crippen molar-refractivity contribution >= 4 is 45.9 Å². The van der Waals surface area contributed by atoms with E-state index in [-0.39, 0.29) is 24.0 Å². The minimum atomic E-state index is 0. The lowest BCUT2D eigenvalue weighted by molar-refractivity contribution is 0.354. The van der Waals surface area contributed by atoms with Crippen molar-refractivity contribution in [2.45, 2.75) is 6.54 Å². The lowest BCUT2D eigenvalue weighted by Gasteiger charge is -2.22. The number of nitrogens with zero attached hydrogens (tertiary/aromatic N) is 3. The molecule has 0 aliphatic rings. The van der Waals surface area contributed by atoms with Crippen molar-refractivity contribution in [1.29, 1.82) is 0 Å². The molecule has 21 heavy (non-hydrogen) atoms. The van der Waals surface area contributed by atoms with Gasteiger partial charge in [-0.3, -0.25) is 0 Å². The summed E-state index contributed by atoms with van der Waals surface area (Å²) in [4.78, 5) is 8.59. The van der Waals surface area contributed by atoms with Gasteiger partial charge in [-0.2, -0.15) is 0 Å². The molecule has 0 fully saturated rings. The van der Waals surface area contributed by atoms with Crippen LogP contribution >= 0.6 is 39.9 Å². The van der Waals surface area contributed by atoms with Crippen LogP contribution in [0.25, 0.3) is 0 Å². The number of halogens is 2. The molecule has 0 spiro atoms. The van der Waals surface area contributed by atoms with E-state index >= 15 is 0 Å². The Morgan fingerprint density at radius 3 is 1.95 bits per heavy atom. The van der Waals surface area contributed by atoms with Gasteiger partial charge in [-0.05, 0) is 17.7 Å². The maximum Gasteiger partial charge on any atom is 0.195 e. The maximum atomic E-state index is 5.32. The second kappa shape index (κ2) is 9.34. The molecule has 120 valence electrons. The number of ether oxygens (including phenoxy) is 2. The summed E-state index contributed by atoms with van der Waals surface area (Å²) in [5, 5.41) is 0. The fourth-order valence-corrected chi connectivity index (χ4v) is 2.30. The van der Waals surface area contributed by atoms with Crippen molar-refractivity contribution < 1.29 is 9.47 Å². The fourth-order valence-electron chi connectivity index (χ4n) is 1.86. The predicted octanol–water partition coefficient (Wildman–Crippen LogP) is 3.06. The minimum absolute atomic E-state index is 0. The van der Waals surface area contributed by atoms with Gasteiger partial charge in [-0.15, -0.1) is 24.0 Å². The van der Waals surface area contributed by atoms with E-state index < -0.39 is 0 Å². The van der Waals surface area contributed by atoms with Crippen LogP contribution in [0.2, 0.25) is 0 Å². The zero-order chi connectivity index (χ0) is 15.3. The van der Waals surface area contributed by atoms with Gasteiger partial charge in [0.05, 0.1) is 20.8 Å². The van der Waals surface area contributed by atoms with E-state index in [1.165, 1.54) is 0 Å². The molecule has 1 aromatic rings. The first-order valence-corrected chi connectivity index (χ1v) is 6.99. The highest BCUT2D eigenvalue weighted by atomic mass is 127. The molecule has 0 radical (unpaired) electrons. The molecule has 5 nitrogen and oxygen atoms in total. The van der Waals surface area contributed by atoms with Crippen LogP contribution in [0, 0.1) is 0 Å². The molecule has 0 atom stereocenters. The average Bonchev–Trinajstić information content (AvgIpc) is 2.39. The van der Waals surface area contributed by atoms with Crippen LogP contribution in [-0.4, -0.2) is 58.2 Å². The zero-order valence-corrected chi connectivity index (χ0v) is 17.2. The molecule has 0 saturated carbocycles. The molecular weight excluding hydrogens is 449 g/mol. The van der Waals surface area contributed by atoms with Gasteiger partial charge in [-0.1, -0.05) is 15.9 Å². The van der Waals surface area contributed by atoms with Gasteiger partial charge in [-0.25, -0.2) is 4.99 Å². The third-order valence-electron chi connectivity index (χ3n) is 2.74. The van der Waals surface area contributed by atoms with Crippen LogP contribution in [0.4, 0.5) is 0 Å². The Morgan fingerprint density at radius 1 is 1.05 bits per heavy atom. The van der Waals surface area contributed by atoms with Gasteiger partial charge in [0, 0.05) is 32.7 Å². The summed E-state index contributed by atoms with van der Waals surface area (Å²) in [6.07, 6.45) is 0. The topological polar surface area (TPSA) is 37.3 Å². The number of hydrogen-bond acceptors (Lipinski definition) is 3.